The number of pyridine rings is 1. The number of carbonyl (C=O) groups excluding carboxylic acids is 1. The van der Waals surface area contributed by atoms with Gasteiger partial charge in [0.25, 0.3) is 11.5 Å². The van der Waals surface area contributed by atoms with Crippen molar-refractivity contribution < 1.29 is 14.3 Å². The summed E-state index contributed by atoms with van der Waals surface area (Å²) < 4.78 is 10.9. The molecule has 1 aromatic carbocycles. The number of H-pyrrole nitrogens is 1. The number of methoxy groups -OCH3 is 1. The first-order valence-electron chi connectivity index (χ1n) is 8.39. The zero-order valence-electron chi connectivity index (χ0n) is 14.2. The van der Waals surface area contributed by atoms with Crippen molar-refractivity contribution in [2.75, 3.05) is 20.3 Å². The average Bonchev–Trinajstić information content (AvgIpc) is 3.14. The molecule has 0 unspecified atom stereocenters. The molecule has 1 fully saturated rings. The van der Waals surface area contributed by atoms with E-state index in [0.717, 1.165) is 30.8 Å². The minimum Gasteiger partial charge on any atom is -0.497 e. The van der Waals surface area contributed by atoms with Crippen molar-refractivity contribution in [1.82, 2.24) is 9.88 Å². The second-order valence-electron chi connectivity index (χ2n) is 6.09. The maximum atomic E-state index is 12.9. The van der Waals surface area contributed by atoms with Crippen LogP contribution in [0.4, 0.5) is 0 Å². The number of rotatable bonds is 6. The van der Waals surface area contributed by atoms with E-state index in [2.05, 4.69) is 4.98 Å². The topological polar surface area (TPSA) is 71.6 Å². The number of benzene rings is 1. The molecule has 1 N–H and O–H groups in total. The van der Waals surface area contributed by atoms with Crippen molar-refractivity contribution in [1.29, 1.82) is 0 Å². The summed E-state index contributed by atoms with van der Waals surface area (Å²) in [7, 11) is 1.61. The molecule has 1 saturated heterocycles. The van der Waals surface area contributed by atoms with E-state index in [1.807, 2.05) is 24.3 Å². The lowest BCUT2D eigenvalue weighted by Crippen LogP contribution is -2.39. The van der Waals surface area contributed by atoms with E-state index in [0.29, 0.717) is 13.1 Å². The number of nitrogens with one attached hydrogen (secondary N) is 1. The van der Waals surface area contributed by atoms with Crippen molar-refractivity contribution in [2.24, 2.45) is 0 Å². The number of ether oxygens (including phenoxy) is 2. The first-order valence-corrected chi connectivity index (χ1v) is 8.39. The van der Waals surface area contributed by atoms with Gasteiger partial charge in [0.15, 0.2) is 0 Å². The summed E-state index contributed by atoms with van der Waals surface area (Å²) in [6.45, 7) is 1.58. The molecule has 0 bridgehead atoms. The van der Waals surface area contributed by atoms with Gasteiger partial charge in [-0.15, -0.1) is 0 Å². The molecule has 3 rings (SSSR count). The average molecular weight is 342 g/mol. The van der Waals surface area contributed by atoms with Gasteiger partial charge in [-0.2, -0.15) is 0 Å². The minimum absolute atomic E-state index is 0.0114. The number of nitrogens with zero attached hydrogens (tertiary/aromatic N) is 1. The van der Waals surface area contributed by atoms with Crippen LogP contribution in [-0.2, 0) is 11.3 Å². The molecule has 6 nitrogen and oxygen atoms in total. The van der Waals surface area contributed by atoms with Gasteiger partial charge in [0.1, 0.15) is 11.3 Å². The molecule has 1 aliphatic rings. The summed E-state index contributed by atoms with van der Waals surface area (Å²) in [5.41, 5.74) is 0.705. The van der Waals surface area contributed by atoms with E-state index in [1.165, 1.54) is 6.20 Å². The number of amides is 1. The lowest BCUT2D eigenvalue weighted by atomic mass is 10.1. The Morgan fingerprint density at radius 2 is 2.24 bits per heavy atom. The third-order valence-corrected chi connectivity index (χ3v) is 4.29. The van der Waals surface area contributed by atoms with Crippen LogP contribution in [0.2, 0.25) is 0 Å². The molecule has 25 heavy (non-hydrogen) atoms. The normalized spacial score (nSPS) is 16.6. The summed E-state index contributed by atoms with van der Waals surface area (Å²) >= 11 is 0. The highest BCUT2D eigenvalue weighted by Gasteiger charge is 2.25. The fraction of sp³-hybridized carbons (Fsp3) is 0.368. The summed E-state index contributed by atoms with van der Waals surface area (Å²) in [6.07, 6.45) is 3.45. The zero-order chi connectivity index (χ0) is 17.6. The van der Waals surface area contributed by atoms with Crippen LogP contribution in [0.1, 0.15) is 28.8 Å². The van der Waals surface area contributed by atoms with Gasteiger partial charge in [-0.25, -0.2) is 0 Å². The van der Waals surface area contributed by atoms with Crippen LogP contribution in [0.25, 0.3) is 0 Å². The molecule has 2 aromatic rings. The molecule has 132 valence electrons. The van der Waals surface area contributed by atoms with Crippen LogP contribution < -0.4 is 10.3 Å². The third kappa shape index (κ3) is 4.28. The first-order chi connectivity index (χ1) is 12.2. The van der Waals surface area contributed by atoms with E-state index in [9.17, 15) is 9.59 Å². The standard InChI is InChI=1S/C19H22N2O4/c1-24-15-6-2-5-14(11-15)12-21(13-16-7-4-10-25-16)19(23)17-8-3-9-20-18(17)22/h2-3,5-6,8-9,11,16H,4,7,10,12-13H2,1H3,(H,20,22)/t16-/m0/s1. The van der Waals surface area contributed by atoms with Crippen molar-refractivity contribution in [3.63, 3.8) is 0 Å². The maximum absolute atomic E-state index is 12.9. The van der Waals surface area contributed by atoms with Gasteiger partial charge in [0, 0.05) is 25.9 Å². The monoisotopic (exact) mass is 342 g/mol. The number of hydrogen-bond donors (Lipinski definition) is 1. The largest absolute Gasteiger partial charge is 0.497 e. The van der Waals surface area contributed by atoms with Crippen LogP contribution in [0.3, 0.4) is 0 Å². The van der Waals surface area contributed by atoms with E-state index in [4.69, 9.17) is 9.47 Å². The first kappa shape index (κ1) is 17.2. The molecule has 1 aromatic heterocycles. The molecule has 1 aliphatic heterocycles. The van der Waals surface area contributed by atoms with Crippen LogP contribution in [0, 0.1) is 0 Å². The minimum atomic E-state index is -0.379. The lowest BCUT2D eigenvalue weighted by Gasteiger charge is -2.25. The molecule has 2 heterocycles. The lowest BCUT2D eigenvalue weighted by molar-refractivity contribution is 0.0505. The van der Waals surface area contributed by atoms with E-state index in [1.54, 1.807) is 24.1 Å². The molecule has 0 aliphatic carbocycles. The van der Waals surface area contributed by atoms with E-state index in [-0.39, 0.29) is 23.1 Å². The van der Waals surface area contributed by atoms with Gasteiger partial charge < -0.3 is 19.4 Å². The highest BCUT2D eigenvalue weighted by molar-refractivity contribution is 5.93. The van der Waals surface area contributed by atoms with Gasteiger partial charge in [-0.3, -0.25) is 9.59 Å². The van der Waals surface area contributed by atoms with Gasteiger partial charge in [-0.05, 0) is 42.7 Å². The second-order valence-corrected chi connectivity index (χ2v) is 6.09. The Morgan fingerprint density at radius 3 is 2.96 bits per heavy atom. The number of hydrogen-bond acceptors (Lipinski definition) is 4. The Labute approximate surface area is 146 Å². The summed E-state index contributed by atoms with van der Waals surface area (Å²) in [5.74, 6) is 0.444. The molecule has 6 heteroatoms. The van der Waals surface area contributed by atoms with Crippen LogP contribution in [0.15, 0.2) is 47.4 Å². The Bertz CT molecular complexity index is 781. The molecular weight excluding hydrogens is 320 g/mol. The molecular formula is C19H22N2O4. The van der Waals surface area contributed by atoms with Crippen LogP contribution >= 0.6 is 0 Å². The predicted octanol–water partition coefficient (Wildman–Crippen LogP) is 2.20. The Morgan fingerprint density at radius 1 is 1.36 bits per heavy atom. The molecule has 0 radical (unpaired) electrons. The highest BCUT2D eigenvalue weighted by Crippen LogP contribution is 2.19. The second kappa shape index (κ2) is 7.98. The smallest absolute Gasteiger partial charge is 0.260 e. The van der Waals surface area contributed by atoms with Crippen molar-refractivity contribution in [2.45, 2.75) is 25.5 Å². The highest BCUT2D eigenvalue weighted by atomic mass is 16.5. The Hall–Kier alpha value is -2.60. The van der Waals surface area contributed by atoms with Crippen molar-refractivity contribution in [3.8, 4) is 5.75 Å². The number of carbonyl (C=O) groups is 1. The molecule has 1 amide bonds. The summed E-state index contributed by atoms with van der Waals surface area (Å²) in [5, 5.41) is 0. The summed E-state index contributed by atoms with van der Waals surface area (Å²) in [6, 6.07) is 10.8. The summed E-state index contributed by atoms with van der Waals surface area (Å²) in [4.78, 5) is 29.2. The fourth-order valence-corrected chi connectivity index (χ4v) is 3.00. The Kier molecular flexibility index (Phi) is 5.50. The SMILES string of the molecule is COc1cccc(CN(C[C@@H]2CCCO2)C(=O)c2ccc[nH]c2=O)c1. The van der Waals surface area contributed by atoms with E-state index < -0.39 is 0 Å². The van der Waals surface area contributed by atoms with Crippen molar-refractivity contribution in [3.05, 3.63) is 64.1 Å². The fourth-order valence-electron chi connectivity index (χ4n) is 3.00. The van der Waals surface area contributed by atoms with Crippen LogP contribution in [0.5, 0.6) is 5.75 Å². The quantitative estimate of drug-likeness (QED) is 0.874. The van der Waals surface area contributed by atoms with E-state index >= 15 is 0 Å². The predicted molar refractivity (Wildman–Crippen MR) is 93.8 cm³/mol. The Balaban J connectivity index is 1.84. The number of aromatic amines is 1. The molecule has 0 spiro atoms. The van der Waals surface area contributed by atoms with Gasteiger partial charge in [0.05, 0.1) is 13.2 Å². The number of aromatic nitrogens is 1. The van der Waals surface area contributed by atoms with Gasteiger partial charge >= 0.3 is 0 Å². The zero-order valence-corrected chi connectivity index (χ0v) is 14.2. The van der Waals surface area contributed by atoms with Crippen molar-refractivity contribution >= 4 is 5.91 Å². The third-order valence-electron chi connectivity index (χ3n) is 4.29. The maximum Gasteiger partial charge on any atom is 0.260 e. The molecule has 1 atom stereocenters. The molecule has 0 saturated carbocycles. The van der Waals surface area contributed by atoms with Gasteiger partial charge in [-0.1, -0.05) is 12.1 Å². The van der Waals surface area contributed by atoms with Gasteiger partial charge in [0.2, 0.25) is 0 Å². The van der Waals surface area contributed by atoms with Crippen LogP contribution in [-0.4, -0.2) is 42.2 Å².